The highest BCUT2D eigenvalue weighted by Crippen LogP contribution is 2.37. The first-order chi connectivity index (χ1) is 14.9. The Labute approximate surface area is 189 Å². The van der Waals surface area contributed by atoms with E-state index in [1.807, 2.05) is 0 Å². The van der Waals surface area contributed by atoms with Gasteiger partial charge in [0.25, 0.3) is 11.8 Å². The normalized spacial score (nSPS) is 10.5. The maximum Gasteiger partial charge on any atom is 0.259 e. The summed E-state index contributed by atoms with van der Waals surface area (Å²) in [6, 6.07) is 7.95. The topological polar surface area (TPSA) is 107 Å². The van der Waals surface area contributed by atoms with Crippen molar-refractivity contribution in [1.29, 1.82) is 0 Å². The maximum atomic E-state index is 11.9. The van der Waals surface area contributed by atoms with Crippen molar-refractivity contribution in [2.75, 3.05) is 34.5 Å². The first-order valence-corrected chi connectivity index (χ1v) is 9.60. The van der Waals surface area contributed by atoms with Gasteiger partial charge in [0.2, 0.25) is 5.75 Å². The van der Waals surface area contributed by atoms with Crippen molar-refractivity contribution in [3.05, 3.63) is 45.9 Å². The SMILES string of the molecule is COc1cc(/C=N/NC(=O)CNC(=O)COc2ccc(Cl)cc2Cl)cc(OC)c1OC. The van der Waals surface area contributed by atoms with E-state index < -0.39 is 11.8 Å². The van der Waals surface area contributed by atoms with Crippen molar-refractivity contribution >= 4 is 41.2 Å². The predicted octanol–water partition coefficient (Wildman–Crippen LogP) is 2.66. The zero-order chi connectivity index (χ0) is 22.8. The van der Waals surface area contributed by atoms with E-state index in [0.717, 1.165) is 0 Å². The van der Waals surface area contributed by atoms with Crippen LogP contribution in [0.3, 0.4) is 0 Å². The highest BCUT2D eigenvalue weighted by atomic mass is 35.5. The first-order valence-electron chi connectivity index (χ1n) is 8.84. The van der Waals surface area contributed by atoms with E-state index in [-0.39, 0.29) is 18.2 Å². The number of carbonyl (C=O) groups is 2. The van der Waals surface area contributed by atoms with Crippen LogP contribution in [0.25, 0.3) is 0 Å². The lowest BCUT2D eigenvalue weighted by Gasteiger charge is -2.12. The van der Waals surface area contributed by atoms with E-state index in [2.05, 4.69) is 15.8 Å². The average Bonchev–Trinajstić information content (AvgIpc) is 2.76. The molecule has 11 heteroatoms. The molecule has 0 fully saturated rings. The minimum absolute atomic E-state index is 0.277. The van der Waals surface area contributed by atoms with Crippen molar-refractivity contribution in [3.8, 4) is 23.0 Å². The van der Waals surface area contributed by atoms with Crippen LogP contribution in [0.5, 0.6) is 23.0 Å². The van der Waals surface area contributed by atoms with Crippen LogP contribution in [0.1, 0.15) is 5.56 Å². The lowest BCUT2D eigenvalue weighted by molar-refractivity contribution is -0.127. The van der Waals surface area contributed by atoms with E-state index in [4.69, 9.17) is 42.1 Å². The monoisotopic (exact) mass is 469 g/mol. The Morgan fingerprint density at radius 2 is 1.65 bits per heavy atom. The highest BCUT2D eigenvalue weighted by Gasteiger charge is 2.12. The van der Waals surface area contributed by atoms with Gasteiger partial charge in [-0.25, -0.2) is 5.43 Å². The zero-order valence-electron chi connectivity index (χ0n) is 17.0. The van der Waals surface area contributed by atoms with Crippen molar-refractivity contribution < 1.29 is 28.5 Å². The predicted molar refractivity (Wildman–Crippen MR) is 117 cm³/mol. The van der Waals surface area contributed by atoms with Gasteiger partial charge in [-0.1, -0.05) is 23.2 Å². The molecule has 0 saturated carbocycles. The minimum Gasteiger partial charge on any atom is -0.493 e. The van der Waals surface area contributed by atoms with E-state index in [1.54, 1.807) is 24.3 Å². The van der Waals surface area contributed by atoms with Crippen LogP contribution in [0, 0.1) is 0 Å². The van der Waals surface area contributed by atoms with Crippen LogP contribution in [-0.4, -0.2) is 52.5 Å². The Morgan fingerprint density at radius 3 is 2.23 bits per heavy atom. The molecular weight excluding hydrogens is 449 g/mol. The summed E-state index contributed by atoms with van der Waals surface area (Å²) in [5.74, 6) is 0.610. The molecule has 166 valence electrons. The summed E-state index contributed by atoms with van der Waals surface area (Å²) in [6.07, 6.45) is 1.40. The van der Waals surface area contributed by atoms with Crippen LogP contribution in [0.2, 0.25) is 10.0 Å². The molecule has 0 unspecified atom stereocenters. The number of benzene rings is 2. The second-order valence-corrected chi connectivity index (χ2v) is 6.74. The number of methoxy groups -OCH3 is 3. The summed E-state index contributed by atoms with van der Waals surface area (Å²) in [4.78, 5) is 23.7. The zero-order valence-corrected chi connectivity index (χ0v) is 18.5. The fourth-order valence-corrected chi connectivity index (χ4v) is 2.82. The first kappa shape index (κ1) is 24.1. The van der Waals surface area contributed by atoms with Crippen molar-refractivity contribution in [1.82, 2.24) is 10.7 Å². The molecule has 2 amide bonds. The molecule has 0 saturated heterocycles. The summed E-state index contributed by atoms with van der Waals surface area (Å²) in [7, 11) is 4.48. The standard InChI is InChI=1S/C20H21Cl2N3O6/c1-28-16-6-12(7-17(29-2)20(16)30-3)9-24-25-18(26)10-23-19(27)11-31-15-5-4-13(21)8-14(15)22/h4-9H,10-11H2,1-3H3,(H,23,27)(H,25,26)/b24-9+. The molecular formula is C20H21Cl2N3O6. The third-order valence-electron chi connectivity index (χ3n) is 3.79. The molecule has 2 aromatic carbocycles. The smallest absolute Gasteiger partial charge is 0.259 e. The Kier molecular flexibility index (Phi) is 9.23. The van der Waals surface area contributed by atoms with Gasteiger partial charge in [0.15, 0.2) is 18.1 Å². The van der Waals surface area contributed by atoms with Gasteiger partial charge in [-0.3, -0.25) is 9.59 Å². The number of halogens is 2. The summed E-state index contributed by atoms with van der Waals surface area (Å²) in [6.45, 7) is -0.605. The molecule has 2 aromatic rings. The van der Waals surface area contributed by atoms with E-state index >= 15 is 0 Å². The Morgan fingerprint density at radius 1 is 0.968 bits per heavy atom. The summed E-state index contributed by atoms with van der Waals surface area (Å²) >= 11 is 11.8. The Balaban J connectivity index is 1.82. The van der Waals surface area contributed by atoms with Gasteiger partial charge in [-0.15, -0.1) is 0 Å². The number of hydrogen-bond acceptors (Lipinski definition) is 7. The van der Waals surface area contributed by atoms with E-state index in [9.17, 15) is 9.59 Å². The second kappa shape index (κ2) is 11.9. The van der Waals surface area contributed by atoms with E-state index in [0.29, 0.717) is 33.6 Å². The fraction of sp³-hybridized carbons (Fsp3) is 0.250. The van der Waals surface area contributed by atoms with E-state index in [1.165, 1.54) is 33.6 Å². The number of ether oxygens (including phenoxy) is 4. The molecule has 2 N–H and O–H groups in total. The number of carbonyl (C=O) groups excluding carboxylic acids is 2. The number of amides is 2. The highest BCUT2D eigenvalue weighted by molar-refractivity contribution is 6.35. The molecule has 9 nitrogen and oxygen atoms in total. The van der Waals surface area contributed by atoms with Crippen molar-refractivity contribution in [3.63, 3.8) is 0 Å². The van der Waals surface area contributed by atoms with Crippen molar-refractivity contribution in [2.45, 2.75) is 0 Å². The largest absolute Gasteiger partial charge is 0.493 e. The van der Waals surface area contributed by atoms with Gasteiger partial charge in [0, 0.05) is 10.6 Å². The van der Waals surface area contributed by atoms with Gasteiger partial charge in [0.1, 0.15) is 5.75 Å². The molecule has 0 aliphatic carbocycles. The second-order valence-electron chi connectivity index (χ2n) is 5.89. The number of hydrazone groups is 1. The van der Waals surface area contributed by atoms with Gasteiger partial charge in [0.05, 0.1) is 39.1 Å². The van der Waals surface area contributed by atoms with Crippen molar-refractivity contribution in [2.24, 2.45) is 5.10 Å². The third kappa shape index (κ3) is 7.23. The number of nitrogens with one attached hydrogen (secondary N) is 2. The molecule has 0 spiro atoms. The summed E-state index contributed by atoms with van der Waals surface area (Å²) in [5, 5.41) is 6.99. The molecule has 0 aromatic heterocycles. The van der Waals surface area contributed by atoms with Crippen LogP contribution in [0.15, 0.2) is 35.4 Å². The average molecular weight is 470 g/mol. The van der Waals surface area contributed by atoms with Crippen LogP contribution in [0.4, 0.5) is 0 Å². The number of nitrogens with zero attached hydrogens (tertiary/aromatic N) is 1. The molecule has 2 rings (SSSR count). The minimum atomic E-state index is -0.526. The quantitative estimate of drug-likeness (QED) is 0.409. The van der Waals surface area contributed by atoms with Gasteiger partial charge < -0.3 is 24.3 Å². The molecule has 0 radical (unpaired) electrons. The maximum absolute atomic E-state index is 11.9. The Bertz CT molecular complexity index is 943. The lowest BCUT2D eigenvalue weighted by atomic mass is 10.2. The molecule has 0 bridgehead atoms. The van der Waals surface area contributed by atoms with Crippen LogP contribution < -0.4 is 29.7 Å². The van der Waals surface area contributed by atoms with Gasteiger partial charge in [-0.05, 0) is 30.3 Å². The van der Waals surface area contributed by atoms with Gasteiger partial charge in [-0.2, -0.15) is 5.10 Å². The summed E-state index contributed by atoms with van der Waals surface area (Å²) in [5.41, 5.74) is 2.91. The van der Waals surface area contributed by atoms with Gasteiger partial charge >= 0.3 is 0 Å². The molecule has 0 atom stereocenters. The fourth-order valence-electron chi connectivity index (χ4n) is 2.36. The Hall–Kier alpha value is -3.17. The lowest BCUT2D eigenvalue weighted by Crippen LogP contribution is -2.37. The molecule has 31 heavy (non-hydrogen) atoms. The van der Waals surface area contributed by atoms with Crippen LogP contribution in [-0.2, 0) is 9.59 Å². The number of hydrogen-bond donors (Lipinski definition) is 2. The molecule has 0 heterocycles. The summed E-state index contributed by atoms with van der Waals surface area (Å²) < 4.78 is 21.0. The molecule has 0 aliphatic heterocycles. The number of rotatable bonds is 10. The van der Waals surface area contributed by atoms with Crippen LogP contribution >= 0.6 is 23.2 Å². The molecule has 0 aliphatic rings. The third-order valence-corrected chi connectivity index (χ3v) is 4.32.